The smallest absolute Gasteiger partial charge is 0.239 e. The minimum absolute atomic E-state index is 0.0508. The lowest BCUT2D eigenvalue weighted by Crippen LogP contribution is -2.52. The highest BCUT2D eigenvalue weighted by atomic mass is 32.1. The molecular weight excluding hydrogens is 343 g/mol. The summed E-state index contributed by atoms with van der Waals surface area (Å²) in [5.74, 6) is -2.44. The van der Waals surface area contributed by atoms with Crippen molar-refractivity contribution in [1.29, 1.82) is 5.26 Å². The molecule has 128 valence electrons. The molecule has 1 aromatic carbocycles. The van der Waals surface area contributed by atoms with E-state index in [1.165, 1.54) is 35.4 Å². The van der Waals surface area contributed by atoms with Crippen LogP contribution in [0.3, 0.4) is 0 Å². The molecule has 0 saturated heterocycles. The number of phenols is 1. The normalized spacial score (nSPS) is 23.3. The molecule has 8 heteroatoms. The minimum atomic E-state index is -1.09. The van der Waals surface area contributed by atoms with Crippen molar-refractivity contribution < 1.29 is 14.3 Å². The van der Waals surface area contributed by atoms with Crippen molar-refractivity contribution in [3.8, 4) is 11.8 Å². The third kappa shape index (κ3) is 2.62. The first-order chi connectivity index (χ1) is 11.8. The van der Waals surface area contributed by atoms with Gasteiger partial charge < -0.3 is 10.8 Å². The van der Waals surface area contributed by atoms with Crippen molar-refractivity contribution in [2.24, 2.45) is 10.7 Å². The lowest BCUT2D eigenvalue weighted by Gasteiger charge is -2.40. The van der Waals surface area contributed by atoms with Gasteiger partial charge in [0.1, 0.15) is 16.5 Å². The molecule has 3 rings (SSSR count). The lowest BCUT2D eigenvalue weighted by molar-refractivity contribution is -0.130. The SMILES string of the molecule is CN1C(=O)[C@H](c2ccc(O)c(F)c2)[C@@](C)(c2ccc(C#N)s2)N=C1N. The Morgan fingerprint density at radius 1 is 1.44 bits per heavy atom. The quantitative estimate of drug-likeness (QED) is 0.859. The first-order valence-electron chi connectivity index (χ1n) is 7.39. The largest absolute Gasteiger partial charge is 0.505 e. The predicted octanol–water partition coefficient (Wildman–Crippen LogP) is 2.25. The van der Waals surface area contributed by atoms with Gasteiger partial charge in [0.05, 0.1) is 5.92 Å². The fourth-order valence-electron chi connectivity index (χ4n) is 2.96. The van der Waals surface area contributed by atoms with E-state index in [0.717, 1.165) is 6.07 Å². The number of amides is 1. The van der Waals surface area contributed by atoms with Crippen LogP contribution >= 0.6 is 11.3 Å². The Morgan fingerprint density at radius 3 is 2.76 bits per heavy atom. The molecule has 2 heterocycles. The number of benzene rings is 1. The Labute approximate surface area is 147 Å². The summed E-state index contributed by atoms with van der Waals surface area (Å²) in [5, 5.41) is 18.5. The van der Waals surface area contributed by atoms with Gasteiger partial charge in [-0.3, -0.25) is 9.69 Å². The van der Waals surface area contributed by atoms with E-state index in [2.05, 4.69) is 11.1 Å². The van der Waals surface area contributed by atoms with Crippen LogP contribution in [0.5, 0.6) is 5.75 Å². The zero-order valence-electron chi connectivity index (χ0n) is 13.5. The Morgan fingerprint density at radius 2 is 2.16 bits per heavy atom. The molecule has 6 nitrogen and oxygen atoms in total. The molecule has 0 bridgehead atoms. The number of thiophene rings is 1. The Balaban J connectivity index is 2.22. The maximum atomic E-state index is 13.9. The number of nitrogens with two attached hydrogens (primary N) is 1. The number of phenolic OH excluding ortho intramolecular Hbond substituents is 1. The van der Waals surface area contributed by atoms with Gasteiger partial charge in [0.2, 0.25) is 5.91 Å². The van der Waals surface area contributed by atoms with Crippen molar-refractivity contribution in [3.63, 3.8) is 0 Å². The van der Waals surface area contributed by atoms with Gasteiger partial charge in [-0.15, -0.1) is 11.3 Å². The van der Waals surface area contributed by atoms with Crippen LogP contribution in [0, 0.1) is 17.1 Å². The summed E-state index contributed by atoms with van der Waals surface area (Å²) >= 11 is 1.21. The molecule has 2 atom stereocenters. The zero-order chi connectivity index (χ0) is 18.4. The predicted molar refractivity (Wildman–Crippen MR) is 91.6 cm³/mol. The number of carbonyl (C=O) groups excluding carboxylic acids is 1. The fourth-order valence-corrected chi connectivity index (χ4v) is 3.89. The van der Waals surface area contributed by atoms with Crippen LogP contribution in [0.25, 0.3) is 0 Å². The number of nitrogens with zero attached hydrogens (tertiary/aromatic N) is 3. The van der Waals surface area contributed by atoms with Crippen LogP contribution in [0.4, 0.5) is 4.39 Å². The number of aliphatic imine (C=N–C) groups is 1. The van der Waals surface area contributed by atoms with E-state index in [1.807, 2.05) is 0 Å². The summed E-state index contributed by atoms with van der Waals surface area (Å²) in [6, 6.07) is 9.25. The van der Waals surface area contributed by atoms with Crippen LogP contribution in [0.1, 0.15) is 28.2 Å². The van der Waals surface area contributed by atoms with Gasteiger partial charge in [-0.2, -0.15) is 5.26 Å². The van der Waals surface area contributed by atoms with Gasteiger partial charge in [-0.05, 0) is 36.8 Å². The number of aromatic hydroxyl groups is 1. The third-order valence-corrected chi connectivity index (χ3v) is 5.57. The molecule has 0 saturated carbocycles. The summed E-state index contributed by atoms with van der Waals surface area (Å²) in [5.41, 5.74) is 5.18. The number of hydrogen-bond donors (Lipinski definition) is 2. The lowest BCUT2D eigenvalue weighted by atomic mass is 9.77. The molecule has 0 unspecified atom stereocenters. The van der Waals surface area contributed by atoms with E-state index in [1.54, 1.807) is 19.1 Å². The molecule has 25 heavy (non-hydrogen) atoms. The van der Waals surface area contributed by atoms with Gasteiger partial charge in [-0.1, -0.05) is 6.07 Å². The number of hydrogen-bond acceptors (Lipinski definition) is 6. The van der Waals surface area contributed by atoms with Gasteiger partial charge in [0, 0.05) is 11.9 Å². The first kappa shape index (κ1) is 16.9. The number of rotatable bonds is 2. The Hall–Kier alpha value is -2.92. The molecule has 1 aliphatic rings. The summed E-state index contributed by atoms with van der Waals surface area (Å²) in [6.45, 7) is 1.73. The second-order valence-electron chi connectivity index (χ2n) is 5.93. The highest BCUT2D eigenvalue weighted by Crippen LogP contribution is 2.46. The summed E-state index contributed by atoms with van der Waals surface area (Å²) in [6.07, 6.45) is 0. The molecule has 3 N–H and O–H groups in total. The van der Waals surface area contributed by atoms with E-state index in [-0.39, 0.29) is 11.9 Å². The van der Waals surface area contributed by atoms with Crippen molar-refractivity contribution in [1.82, 2.24) is 4.90 Å². The second-order valence-corrected chi connectivity index (χ2v) is 7.02. The molecule has 0 spiro atoms. The molecule has 2 aromatic rings. The molecule has 1 aromatic heterocycles. The number of nitriles is 1. The van der Waals surface area contributed by atoms with Crippen LogP contribution in [0.2, 0.25) is 0 Å². The topological polar surface area (TPSA) is 103 Å². The summed E-state index contributed by atoms with van der Waals surface area (Å²) < 4.78 is 13.9. The molecular formula is C17H15FN4O2S. The highest BCUT2D eigenvalue weighted by Gasteiger charge is 2.48. The standard InChI is InChI=1S/C17H15FN4O2S/c1-17(13-6-4-10(8-19)25-13)14(15(24)22(2)16(20)21-17)9-3-5-12(23)11(18)7-9/h3-7,14,23H,1-2H3,(H2,20,21)/t14-,17+/m0/s1. The molecule has 0 aliphatic carbocycles. The molecule has 1 amide bonds. The van der Waals surface area contributed by atoms with E-state index < -0.39 is 23.0 Å². The van der Waals surface area contributed by atoms with Crippen molar-refractivity contribution in [2.45, 2.75) is 18.4 Å². The van der Waals surface area contributed by atoms with Crippen molar-refractivity contribution in [2.75, 3.05) is 7.05 Å². The number of halogens is 1. The maximum Gasteiger partial charge on any atom is 0.239 e. The monoisotopic (exact) mass is 358 g/mol. The Bertz CT molecular complexity index is 933. The van der Waals surface area contributed by atoms with Crippen LogP contribution in [-0.4, -0.2) is 28.9 Å². The maximum absolute atomic E-state index is 13.9. The number of carbonyl (C=O) groups is 1. The van der Waals surface area contributed by atoms with Crippen molar-refractivity contribution in [3.05, 3.63) is 51.5 Å². The van der Waals surface area contributed by atoms with Crippen LogP contribution < -0.4 is 5.73 Å². The zero-order valence-corrected chi connectivity index (χ0v) is 14.3. The molecule has 1 aliphatic heterocycles. The van der Waals surface area contributed by atoms with Gasteiger partial charge in [-0.25, -0.2) is 9.38 Å². The van der Waals surface area contributed by atoms with Gasteiger partial charge >= 0.3 is 0 Å². The Kier molecular flexibility index (Phi) is 3.97. The van der Waals surface area contributed by atoms with E-state index in [4.69, 9.17) is 11.0 Å². The average molecular weight is 358 g/mol. The summed E-state index contributed by atoms with van der Waals surface area (Å²) in [4.78, 5) is 19.8. The fraction of sp³-hybridized carbons (Fsp3) is 0.235. The highest BCUT2D eigenvalue weighted by molar-refractivity contribution is 7.12. The van der Waals surface area contributed by atoms with E-state index in [9.17, 15) is 14.3 Å². The van der Waals surface area contributed by atoms with Crippen LogP contribution in [-0.2, 0) is 10.3 Å². The molecule has 0 radical (unpaired) electrons. The first-order valence-corrected chi connectivity index (χ1v) is 8.21. The van der Waals surface area contributed by atoms with Crippen molar-refractivity contribution >= 4 is 23.2 Å². The van der Waals surface area contributed by atoms with E-state index >= 15 is 0 Å². The molecule has 0 fully saturated rings. The average Bonchev–Trinajstić information content (AvgIpc) is 3.06. The summed E-state index contributed by atoms with van der Waals surface area (Å²) in [7, 11) is 1.50. The second kappa shape index (κ2) is 5.86. The number of likely N-dealkylation sites (N-methyl/N-ethyl adjacent to an activating group) is 1. The van der Waals surface area contributed by atoms with E-state index in [0.29, 0.717) is 15.3 Å². The van der Waals surface area contributed by atoms with Gasteiger partial charge in [0.15, 0.2) is 17.5 Å². The van der Waals surface area contributed by atoms with Crippen LogP contribution in [0.15, 0.2) is 35.3 Å². The minimum Gasteiger partial charge on any atom is -0.505 e. The number of guanidine groups is 1. The third-order valence-electron chi connectivity index (χ3n) is 4.35. The van der Waals surface area contributed by atoms with Gasteiger partial charge in [0.25, 0.3) is 0 Å².